The number of benzene rings is 2. The topological polar surface area (TPSA) is 166 Å². The molecular weight excluding hydrogens is 522 g/mol. The molecule has 5 unspecified atom stereocenters. The molecule has 3 amide bonds. The number of nitrogens with one attached hydrogen (secondary N) is 4. The molecule has 0 saturated heterocycles. The van der Waals surface area contributed by atoms with Gasteiger partial charge in [0.05, 0.1) is 6.04 Å². The van der Waals surface area contributed by atoms with Crippen LogP contribution in [0.25, 0.3) is 10.9 Å². The molecule has 10 heteroatoms. The van der Waals surface area contributed by atoms with Crippen molar-refractivity contribution in [2.75, 3.05) is 0 Å². The second kappa shape index (κ2) is 14.5. The zero-order valence-electron chi connectivity index (χ0n) is 24.0. The molecular formula is C31H41N5O5. The molecule has 220 valence electrons. The van der Waals surface area contributed by atoms with Crippen molar-refractivity contribution in [2.45, 2.75) is 71.1 Å². The summed E-state index contributed by atoms with van der Waals surface area (Å²) in [5.41, 5.74) is 8.87. The number of aromatic nitrogens is 1. The quantitative estimate of drug-likeness (QED) is 0.176. The number of hydrogen-bond acceptors (Lipinski definition) is 5. The van der Waals surface area contributed by atoms with Gasteiger partial charge in [0.2, 0.25) is 17.7 Å². The summed E-state index contributed by atoms with van der Waals surface area (Å²) in [6, 6.07) is 12.8. The Morgan fingerprint density at radius 3 is 2.10 bits per heavy atom. The van der Waals surface area contributed by atoms with E-state index in [0.717, 1.165) is 22.0 Å². The van der Waals surface area contributed by atoms with Crippen molar-refractivity contribution in [2.24, 2.45) is 17.6 Å². The summed E-state index contributed by atoms with van der Waals surface area (Å²) in [7, 11) is 0. The molecule has 10 nitrogen and oxygen atoms in total. The molecule has 0 aliphatic heterocycles. The van der Waals surface area contributed by atoms with Crippen LogP contribution in [0.2, 0.25) is 0 Å². The zero-order chi connectivity index (χ0) is 30.1. The van der Waals surface area contributed by atoms with Crippen LogP contribution in [0.4, 0.5) is 0 Å². The van der Waals surface area contributed by atoms with Gasteiger partial charge in [-0.3, -0.25) is 14.4 Å². The molecule has 1 heterocycles. The Balaban J connectivity index is 1.74. The lowest BCUT2D eigenvalue weighted by Crippen LogP contribution is -2.59. The maximum Gasteiger partial charge on any atom is 0.326 e. The van der Waals surface area contributed by atoms with E-state index >= 15 is 0 Å². The van der Waals surface area contributed by atoms with Crippen molar-refractivity contribution in [3.63, 3.8) is 0 Å². The number of aromatic amines is 1. The standard InChI is InChI=1S/C31H41N5O5/c1-5-19(4)27(31(40)41)36-29(38)25(15-20-11-7-6-8-12-20)34-30(39)26(18(2)3)35-28(37)23(32)16-21-17-33-24-14-10-9-13-22(21)24/h6-14,17-19,23,25-27,33H,5,15-16,32H2,1-4H3,(H,34,39)(H,35,37)(H,36,38)(H,40,41). The number of carbonyl (C=O) groups excluding carboxylic acids is 3. The highest BCUT2D eigenvalue weighted by atomic mass is 16.4. The molecule has 0 aliphatic rings. The van der Waals surface area contributed by atoms with E-state index in [-0.39, 0.29) is 24.7 Å². The fraction of sp³-hybridized carbons (Fsp3) is 0.419. The second-order valence-electron chi connectivity index (χ2n) is 10.9. The number of H-pyrrole nitrogens is 1. The molecule has 0 radical (unpaired) electrons. The first-order valence-electron chi connectivity index (χ1n) is 14.0. The highest BCUT2D eigenvalue weighted by Gasteiger charge is 2.33. The minimum atomic E-state index is -1.14. The summed E-state index contributed by atoms with van der Waals surface area (Å²) >= 11 is 0. The van der Waals surface area contributed by atoms with Gasteiger partial charge in [-0.1, -0.05) is 82.6 Å². The summed E-state index contributed by atoms with van der Waals surface area (Å²) in [6.45, 7) is 7.15. The van der Waals surface area contributed by atoms with Crippen LogP contribution in [0, 0.1) is 11.8 Å². The van der Waals surface area contributed by atoms with Crippen molar-refractivity contribution in [3.05, 3.63) is 71.9 Å². The van der Waals surface area contributed by atoms with Gasteiger partial charge in [-0.05, 0) is 35.4 Å². The van der Waals surface area contributed by atoms with Gasteiger partial charge >= 0.3 is 5.97 Å². The number of hydrogen-bond donors (Lipinski definition) is 6. The number of amides is 3. The highest BCUT2D eigenvalue weighted by molar-refractivity contribution is 5.94. The third-order valence-corrected chi connectivity index (χ3v) is 7.39. The number of nitrogens with two attached hydrogens (primary N) is 1. The molecule has 0 aliphatic carbocycles. The second-order valence-corrected chi connectivity index (χ2v) is 10.9. The van der Waals surface area contributed by atoms with Crippen molar-refractivity contribution in [1.82, 2.24) is 20.9 Å². The maximum absolute atomic E-state index is 13.5. The Bertz CT molecular complexity index is 1340. The van der Waals surface area contributed by atoms with E-state index in [1.165, 1.54) is 0 Å². The number of aliphatic carboxylic acids is 1. The van der Waals surface area contributed by atoms with E-state index in [4.69, 9.17) is 5.73 Å². The molecule has 0 bridgehead atoms. The number of carboxylic acid groups (broad SMARTS) is 1. The van der Waals surface area contributed by atoms with E-state index in [2.05, 4.69) is 20.9 Å². The fourth-order valence-corrected chi connectivity index (χ4v) is 4.68. The monoisotopic (exact) mass is 563 g/mol. The molecule has 0 saturated carbocycles. The Labute approximate surface area is 240 Å². The van der Waals surface area contributed by atoms with Crippen molar-refractivity contribution >= 4 is 34.6 Å². The minimum absolute atomic E-state index is 0.143. The smallest absolute Gasteiger partial charge is 0.326 e. The lowest BCUT2D eigenvalue weighted by atomic mass is 9.97. The third-order valence-electron chi connectivity index (χ3n) is 7.39. The Morgan fingerprint density at radius 1 is 0.829 bits per heavy atom. The van der Waals surface area contributed by atoms with Crippen LogP contribution >= 0.6 is 0 Å². The van der Waals surface area contributed by atoms with Gasteiger partial charge in [-0.2, -0.15) is 0 Å². The average molecular weight is 564 g/mol. The van der Waals surface area contributed by atoms with E-state index in [1.54, 1.807) is 20.8 Å². The molecule has 3 aromatic rings. The van der Waals surface area contributed by atoms with Gasteiger partial charge in [0, 0.05) is 23.5 Å². The summed E-state index contributed by atoms with van der Waals surface area (Å²) < 4.78 is 0. The van der Waals surface area contributed by atoms with Crippen LogP contribution in [0.3, 0.4) is 0 Å². The Morgan fingerprint density at radius 2 is 1.46 bits per heavy atom. The first-order chi connectivity index (χ1) is 19.5. The lowest BCUT2D eigenvalue weighted by Gasteiger charge is -2.28. The molecule has 0 fully saturated rings. The molecule has 5 atom stereocenters. The number of fused-ring (bicyclic) bond motifs is 1. The van der Waals surface area contributed by atoms with Crippen molar-refractivity contribution in [3.8, 4) is 0 Å². The van der Waals surface area contributed by atoms with Crippen LogP contribution in [-0.4, -0.2) is 57.9 Å². The van der Waals surface area contributed by atoms with Gasteiger partial charge < -0.3 is 31.8 Å². The van der Waals surface area contributed by atoms with Gasteiger partial charge in [0.25, 0.3) is 0 Å². The van der Waals surface area contributed by atoms with Crippen molar-refractivity contribution in [1.29, 1.82) is 0 Å². The van der Waals surface area contributed by atoms with Crippen LogP contribution in [0.1, 0.15) is 45.2 Å². The van der Waals surface area contributed by atoms with E-state index in [1.807, 2.05) is 67.7 Å². The van der Waals surface area contributed by atoms with E-state index in [9.17, 15) is 24.3 Å². The van der Waals surface area contributed by atoms with Crippen LogP contribution in [-0.2, 0) is 32.0 Å². The molecule has 7 N–H and O–H groups in total. The number of carboxylic acids is 1. The number of para-hydroxylation sites is 1. The first-order valence-corrected chi connectivity index (χ1v) is 14.0. The number of rotatable bonds is 14. The molecule has 41 heavy (non-hydrogen) atoms. The van der Waals surface area contributed by atoms with Crippen LogP contribution in [0.15, 0.2) is 60.8 Å². The highest BCUT2D eigenvalue weighted by Crippen LogP contribution is 2.19. The lowest BCUT2D eigenvalue weighted by molar-refractivity contribution is -0.143. The summed E-state index contributed by atoms with van der Waals surface area (Å²) in [5, 5.41) is 18.8. The van der Waals surface area contributed by atoms with E-state index < -0.39 is 47.9 Å². The SMILES string of the molecule is CCC(C)C(NC(=O)C(Cc1ccccc1)NC(=O)C(NC(=O)C(N)Cc1c[nH]c2ccccc12)C(C)C)C(=O)O. The average Bonchev–Trinajstić information content (AvgIpc) is 3.36. The van der Waals surface area contributed by atoms with Crippen molar-refractivity contribution < 1.29 is 24.3 Å². The predicted molar refractivity (Wildman–Crippen MR) is 158 cm³/mol. The summed E-state index contributed by atoms with van der Waals surface area (Å²) in [6.07, 6.45) is 2.78. The first kappa shape index (κ1) is 31.3. The Hall–Kier alpha value is -4.18. The van der Waals surface area contributed by atoms with Gasteiger partial charge in [-0.25, -0.2) is 4.79 Å². The normalized spacial score (nSPS) is 15.0. The van der Waals surface area contributed by atoms with Gasteiger partial charge in [0.15, 0.2) is 0 Å². The molecule has 2 aromatic carbocycles. The third kappa shape index (κ3) is 8.40. The summed E-state index contributed by atoms with van der Waals surface area (Å²) in [4.78, 5) is 54.9. The van der Waals surface area contributed by atoms with Gasteiger partial charge in [0.1, 0.15) is 18.1 Å². The largest absolute Gasteiger partial charge is 0.480 e. The Kier molecular flexibility index (Phi) is 11.0. The van der Waals surface area contributed by atoms with Gasteiger partial charge in [-0.15, -0.1) is 0 Å². The molecule has 0 spiro atoms. The van der Waals surface area contributed by atoms with Crippen LogP contribution < -0.4 is 21.7 Å². The predicted octanol–water partition coefficient (Wildman–Crippen LogP) is 2.52. The maximum atomic E-state index is 13.5. The minimum Gasteiger partial charge on any atom is -0.480 e. The molecule has 1 aromatic heterocycles. The van der Waals surface area contributed by atoms with Crippen LogP contribution in [0.5, 0.6) is 0 Å². The summed E-state index contributed by atoms with van der Waals surface area (Å²) in [5.74, 6) is -3.43. The number of carbonyl (C=O) groups is 4. The fourth-order valence-electron chi connectivity index (χ4n) is 4.68. The molecule has 3 rings (SSSR count). The van der Waals surface area contributed by atoms with E-state index in [0.29, 0.717) is 6.42 Å². The zero-order valence-corrected chi connectivity index (χ0v) is 24.0.